The highest BCUT2D eigenvalue weighted by molar-refractivity contribution is 6.07. The van der Waals surface area contributed by atoms with Crippen molar-refractivity contribution in [3.05, 3.63) is 65.7 Å². The molecule has 132 valence electrons. The van der Waals surface area contributed by atoms with Crippen LogP contribution < -0.4 is 0 Å². The Kier molecular flexibility index (Phi) is 4.70. The number of nitrogens with zero attached hydrogens (tertiary/aromatic N) is 2. The zero-order valence-electron chi connectivity index (χ0n) is 15.2. The van der Waals surface area contributed by atoms with E-state index in [0.717, 1.165) is 53.7 Å². The van der Waals surface area contributed by atoms with Gasteiger partial charge < -0.3 is 4.90 Å². The lowest BCUT2D eigenvalue weighted by Crippen LogP contribution is -2.32. The van der Waals surface area contributed by atoms with Gasteiger partial charge in [-0.3, -0.25) is 4.79 Å². The number of para-hydroxylation sites is 1. The molecule has 3 nitrogen and oxygen atoms in total. The summed E-state index contributed by atoms with van der Waals surface area (Å²) >= 11 is 0. The molecule has 0 aliphatic carbocycles. The lowest BCUT2D eigenvalue weighted by molar-refractivity contribution is 0.0763. The fourth-order valence-corrected chi connectivity index (χ4v) is 3.75. The number of hydrogen-bond acceptors (Lipinski definition) is 2. The van der Waals surface area contributed by atoms with Crippen LogP contribution in [-0.4, -0.2) is 28.9 Å². The molecule has 0 saturated carbocycles. The molecule has 1 fully saturated rings. The van der Waals surface area contributed by atoms with Crippen LogP contribution in [0.1, 0.15) is 41.6 Å². The van der Waals surface area contributed by atoms with Crippen LogP contribution >= 0.6 is 0 Å². The Balaban J connectivity index is 1.83. The van der Waals surface area contributed by atoms with Gasteiger partial charge in [-0.25, -0.2) is 4.98 Å². The Morgan fingerprint density at radius 1 is 0.923 bits per heavy atom. The number of carbonyl (C=O) groups is 1. The third kappa shape index (κ3) is 3.34. The van der Waals surface area contributed by atoms with Crippen molar-refractivity contribution in [1.29, 1.82) is 0 Å². The van der Waals surface area contributed by atoms with Gasteiger partial charge in [-0.1, -0.05) is 54.8 Å². The number of fused-ring (bicyclic) bond motifs is 1. The van der Waals surface area contributed by atoms with E-state index in [0.29, 0.717) is 0 Å². The predicted molar refractivity (Wildman–Crippen MR) is 106 cm³/mol. The van der Waals surface area contributed by atoms with E-state index in [1.54, 1.807) is 0 Å². The van der Waals surface area contributed by atoms with E-state index in [1.165, 1.54) is 18.4 Å². The Morgan fingerprint density at radius 3 is 2.46 bits per heavy atom. The molecule has 1 aliphatic heterocycles. The van der Waals surface area contributed by atoms with Gasteiger partial charge in [0, 0.05) is 24.0 Å². The summed E-state index contributed by atoms with van der Waals surface area (Å²) in [6, 6.07) is 18.2. The molecule has 4 rings (SSSR count). The van der Waals surface area contributed by atoms with Crippen molar-refractivity contribution in [2.45, 2.75) is 32.6 Å². The highest BCUT2D eigenvalue weighted by Gasteiger charge is 2.20. The second-order valence-electron chi connectivity index (χ2n) is 7.15. The number of benzene rings is 2. The Hall–Kier alpha value is -2.68. The molecule has 3 aromatic rings. The van der Waals surface area contributed by atoms with E-state index in [1.807, 2.05) is 41.3 Å². The molecule has 1 saturated heterocycles. The molecule has 26 heavy (non-hydrogen) atoms. The topological polar surface area (TPSA) is 33.2 Å². The number of hydrogen-bond donors (Lipinski definition) is 0. The van der Waals surface area contributed by atoms with E-state index in [4.69, 9.17) is 4.98 Å². The Labute approximate surface area is 154 Å². The van der Waals surface area contributed by atoms with Crippen molar-refractivity contribution in [1.82, 2.24) is 9.88 Å². The van der Waals surface area contributed by atoms with Crippen LogP contribution in [0.15, 0.2) is 54.6 Å². The normalized spacial score (nSPS) is 15.0. The van der Waals surface area contributed by atoms with Gasteiger partial charge in [0.25, 0.3) is 5.91 Å². The summed E-state index contributed by atoms with van der Waals surface area (Å²) in [5.41, 5.74) is 4.77. The number of amides is 1. The molecular weight excluding hydrogens is 320 g/mol. The Bertz CT molecular complexity index is 940. The standard InChI is InChI=1S/C23H24N2O/c1-17-9-8-10-18(15-17)22-16-20(19-11-4-5-12-21(19)24-22)23(26)25-13-6-2-3-7-14-25/h4-5,8-12,15-16H,2-3,6-7,13-14H2,1H3. The maximum Gasteiger partial charge on any atom is 0.254 e. The quantitative estimate of drug-likeness (QED) is 0.638. The molecule has 0 spiro atoms. The van der Waals surface area contributed by atoms with Crippen LogP contribution in [0.4, 0.5) is 0 Å². The SMILES string of the molecule is Cc1cccc(-c2cc(C(=O)N3CCCCCC3)c3ccccc3n2)c1. The van der Waals surface area contributed by atoms with Crippen molar-refractivity contribution in [2.24, 2.45) is 0 Å². The fraction of sp³-hybridized carbons (Fsp3) is 0.304. The molecule has 0 radical (unpaired) electrons. The first kappa shape index (κ1) is 16.8. The van der Waals surface area contributed by atoms with Gasteiger partial charge in [-0.15, -0.1) is 0 Å². The van der Waals surface area contributed by atoms with Crippen LogP contribution in [0.5, 0.6) is 0 Å². The van der Waals surface area contributed by atoms with Crippen LogP contribution in [0.25, 0.3) is 22.2 Å². The van der Waals surface area contributed by atoms with Gasteiger partial charge in [0.1, 0.15) is 0 Å². The molecule has 1 amide bonds. The minimum Gasteiger partial charge on any atom is -0.339 e. The third-order valence-electron chi connectivity index (χ3n) is 5.15. The average molecular weight is 344 g/mol. The average Bonchev–Trinajstić information content (AvgIpc) is 2.96. The van der Waals surface area contributed by atoms with Crippen LogP contribution in [0, 0.1) is 6.92 Å². The van der Waals surface area contributed by atoms with E-state index in [-0.39, 0.29) is 5.91 Å². The summed E-state index contributed by atoms with van der Waals surface area (Å²) in [5, 5.41) is 0.943. The van der Waals surface area contributed by atoms with Crippen LogP contribution in [-0.2, 0) is 0 Å². The maximum absolute atomic E-state index is 13.3. The molecule has 0 atom stereocenters. The predicted octanol–water partition coefficient (Wildman–Crippen LogP) is 5.23. The van der Waals surface area contributed by atoms with Gasteiger partial charge in [-0.2, -0.15) is 0 Å². The van der Waals surface area contributed by atoms with Crippen molar-refractivity contribution >= 4 is 16.8 Å². The van der Waals surface area contributed by atoms with Gasteiger partial charge in [-0.05, 0) is 38.0 Å². The summed E-state index contributed by atoms with van der Waals surface area (Å²) in [5.74, 6) is 0.138. The van der Waals surface area contributed by atoms with Crippen LogP contribution in [0.3, 0.4) is 0 Å². The summed E-state index contributed by atoms with van der Waals surface area (Å²) in [4.78, 5) is 20.2. The lowest BCUT2D eigenvalue weighted by atomic mass is 10.0. The molecule has 0 bridgehead atoms. The van der Waals surface area contributed by atoms with Gasteiger partial charge in [0.05, 0.1) is 16.8 Å². The number of likely N-dealkylation sites (tertiary alicyclic amines) is 1. The molecule has 1 aliphatic rings. The van der Waals surface area contributed by atoms with Crippen molar-refractivity contribution < 1.29 is 4.79 Å². The van der Waals surface area contributed by atoms with E-state index >= 15 is 0 Å². The molecule has 0 unspecified atom stereocenters. The second kappa shape index (κ2) is 7.28. The molecule has 2 aromatic carbocycles. The molecular formula is C23H24N2O. The summed E-state index contributed by atoms with van der Waals surface area (Å²) < 4.78 is 0. The van der Waals surface area contributed by atoms with Crippen LogP contribution in [0.2, 0.25) is 0 Å². The van der Waals surface area contributed by atoms with E-state index in [9.17, 15) is 4.79 Å². The zero-order valence-corrected chi connectivity index (χ0v) is 15.2. The first-order valence-corrected chi connectivity index (χ1v) is 9.48. The van der Waals surface area contributed by atoms with Gasteiger partial charge in [0.15, 0.2) is 0 Å². The molecule has 0 N–H and O–H groups in total. The number of pyridine rings is 1. The highest BCUT2D eigenvalue weighted by atomic mass is 16.2. The molecule has 3 heteroatoms. The van der Waals surface area contributed by atoms with E-state index in [2.05, 4.69) is 25.1 Å². The third-order valence-corrected chi connectivity index (χ3v) is 5.15. The molecule has 2 heterocycles. The smallest absolute Gasteiger partial charge is 0.254 e. The summed E-state index contributed by atoms with van der Waals surface area (Å²) in [6.45, 7) is 3.79. The first-order chi connectivity index (χ1) is 12.7. The molecule has 1 aromatic heterocycles. The monoisotopic (exact) mass is 344 g/mol. The fourth-order valence-electron chi connectivity index (χ4n) is 3.75. The maximum atomic E-state index is 13.3. The minimum absolute atomic E-state index is 0.138. The first-order valence-electron chi connectivity index (χ1n) is 9.48. The summed E-state index contributed by atoms with van der Waals surface area (Å²) in [6.07, 6.45) is 4.63. The van der Waals surface area contributed by atoms with Gasteiger partial charge in [0.2, 0.25) is 0 Å². The minimum atomic E-state index is 0.138. The summed E-state index contributed by atoms with van der Waals surface area (Å²) in [7, 11) is 0. The zero-order chi connectivity index (χ0) is 17.9. The van der Waals surface area contributed by atoms with Crippen molar-refractivity contribution in [3.63, 3.8) is 0 Å². The Morgan fingerprint density at radius 2 is 1.69 bits per heavy atom. The number of aromatic nitrogens is 1. The lowest BCUT2D eigenvalue weighted by Gasteiger charge is -2.21. The second-order valence-corrected chi connectivity index (χ2v) is 7.15. The number of carbonyl (C=O) groups excluding carboxylic acids is 1. The van der Waals surface area contributed by atoms with E-state index < -0.39 is 0 Å². The van der Waals surface area contributed by atoms with Gasteiger partial charge >= 0.3 is 0 Å². The number of aryl methyl sites for hydroxylation is 1. The van der Waals surface area contributed by atoms with Crippen molar-refractivity contribution in [3.8, 4) is 11.3 Å². The van der Waals surface area contributed by atoms with Crippen molar-refractivity contribution in [2.75, 3.05) is 13.1 Å². The highest BCUT2D eigenvalue weighted by Crippen LogP contribution is 2.27. The number of rotatable bonds is 2. The largest absolute Gasteiger partial charge is 0.339 e.